The monoisotopic (exact) mass is 253 g/mol. The Labute approximate surface area is 110 Å². The number of hydrogen-bond acceptors (Lipinski definition) is 3. The number of rotatable bonds is 7. The largest absolute Gasteiger partial charge is 0.395 e. The van der Waals surface area contributed by atoms with Gasteiger partial charge in [-0.3, -0.25) is 4.68 Å². The van der Waals surface area contributed by atoms with Gasteiger partial charge in [-0.15, -0.1) is 0 Å². The fourth-order valence-corrected chi connectivity index (χ4v) is 2.22. The van der Waals surface area contributed by atoms with Crippen molar-refractivity contribution in [1.29, 1.82) is 0 Å². The van der Waals surface area contributed by atoms with Crippen LogP contribution in [0.2, 0.25) is 0 Å². The molecule has 0 radical (unpaired) electrons. The lowest BCUT2D eigenvalue weighted by molar-refractivity contribution is 0.223. The number of hydrogen-bond donors (Lipinski definition) is 2. The summed E-state index contributed by atoms with van der Waals surface area (Å²) in [5.41, 5.74) is 2.38. The van der Waals surface area contributed by atoms with Gasteiger partial charge in [-0.25, -0.2) is 0 Å². The van der Waals surface area contributed by atoms with Crippen LogP contribution in [0.25, 0.3) is 0 Å². The molecule has 1 rings (SSSR count). The smallest absolute Gasteiger partial charge is 0.0694 e. The fraction of sp³-hybridized carbons (Fsp3) is 0.786. The molecule has 1 aromatic heterocycles. The predicted octanol–water partition coefficient (Wildman–Crippen LogP) is 2.04. The van der Waals surface area contributed by atoms with E-state index in [0.29, 0.717) is 11.8 Å². The van der Waals surface area contributed by atoms with Crippen LogP contribution in [0.15, 0.2) is 6.20 Å². The minimum atomic E-state index is 0.171. The van der Waals surface area contributed by atoms with Crippen LogP contribution in [0, 0.1) is 5.92 Å². The van der Waals surface area contributed by atoms with Crippen molar-refractivity contribution in [2.24, 2.45) is 13.0 Å². The molecule has 1 atom stereocenters. The third-order valence-corrected chi connectivity index (χ3v) is 3.04. The van der Waals surface area contributed by atoms with Gasteiger partial charge in [-0.2, -0.15) is 5.10 Å². The Kier molecular flexibility index (Phi) is 5.82. The van der Waals surface area contributed by atoms with Crippen LogP contribution in [0.3, 0.4) is 0 Å². The van der Waals surface area contributed by atoms with E-state index < -0.39 is 0 Å². The van der Waals surface area contributed by atoms with Crippen molar-refractivity contribution >= 4 is 0 Å². The summed E-state index contributed by atoms with van der Waals surface area (Å²) in [5.74, 6) is 1.02. The molecule has 1 aromatic rings. The van der Waals surface area contributed by atoms with Crippen molar-refractivity contribution in [3.63, 3.8) is 0 Å². The average Bonchev–Trinajstić information content (AvgIpc) is 2.65. The number of aryl methyl sites for hydroxylation is 1. The van der Waals surface area contributed by atoms with Gasteiger partial charge in [0, 0.05) is 31.4 Å². The Morgan fingerprint density at radius 1 is 1.33 bits per heavy atom. The van der Waals surface area contributed by atoms with E-state index in [4.69, 9.17) is 0 Å². The molecule has 0 amide bonds. The van der Waals surface area contributed by atoms with Gasteiger partial charge in [0.1, 0.15) is 0 Å². The summed E-state index contributed by atoms with van der Waals surface area (Å²) in [7, 11) is 1.95. The lowest BCUT2D eigenvalue weighted by atomic mass is 10.0. The number of aliphatic hydroxyl groups excluding tert-OH is 1. The van der Waals surface area contributed by atoms with E-state index in [2.05, 4.69) is 44.3 Å². The van der Waals surface area contributed by atoms with E-state index in [1.165, 1.54) is 5.56 Å². The van der Waals surface area contributed by atoms with Crippen molar-refractivity contribution in [1.82, 2.24) is 15.1 Å². The number of aliphatic hydroxyl groups is 1. The second kappa shape index (κ2) is 6.90. The van der Waals surface area contributed by atoms with Crippen LogP contribution in [-0.2, 0) is 13.6 Å². The van der Waals surface area contributed by atoms with Gasteiger partial charge in [-0.1, -0.05) is 27.7 Å². The van der Waals surface area contributed by atoms with Gasteiger partial charge in [0.25, 0.3) is 0 Å². The zero-order chi connectivity index (χ0) is 13.7. The van der Waals surface area contributed by atoms with E-state index in [0.717, 1.165) is 18.7 Å². The molecular weight excluding hydrogens is 226 g/mol. The molecule has 0 aliphatic carbocycles. The fourth-order valence-electron chi connectivity index (χ4n) is 2.22. The quantitative estimate of drug-likeness (QED) is 0.782. The van der Waals surface area contributed by atoms with Crippen LogP contribution in [0.5, 0.6) is 0 Å². The molecule has 0 aliphatic heterocycles. The summed E-state index contributed by atoms with van der Waals surface area (Å²) in [6.07, 6.45) is 3.06. The maximum absolute atomic E-state index is 9.35. The summed E-state index contributed by atoms with van der Waals surface area (Å²) in [5, 5.41) is 17.3. The first-order chi connectivity index (χ1) is 8.43. The first-order valence-corrected chi connectivity index (χ1v) is 6.80. The van der Waals surface area contributed by atoms with E-state index in [1.807, 2.05) is 11.7 Å². The standard InChI is InChI=1S/C14H27N3O/c1-10(2)6-13(9-18)15-7-12-8-17(5)16-14(12)11(3)4/h8,10-11,13,15,18H,6-7,9H2,1-5H3. The van der Waals surface area contributed by atoms with Gasteiger partial charge >= 0.3 is 0 Å². The summed E-state index contributed by atoms with van der Waals surface area (Å²) in [4.78, 5) is 0. The molecule has 1 heterocycles. The van der Waals surface area contributed by atoms with Gasteiger partial charge in [0.05, 0.1) is 12.3 Å². The van der Waals surface area contributed by atoms with Crippen molar-refractivity contribution in [2.45, 2.75) is 52.6 Å². The van der Waals surface area contributed by atoms with Crippen LogP contribution < -0.4 is 5.32 Å². The minimum Gasteiger partial charge on any atom is -0.395 e. The van der Waals surface area contributed by atoms with Gasteiger partial charge in [0.15, 0.2) is 0 Å². The molecule has 0 bridgehead atoms. The van der Waals surface area contributed by atoms with Gasteiger partial charge < -0.3 is 10.4 Å². The number of aromatic nitrogens is 2. The third-order valence-electron chi connectivity index (χ3n) is 3.04. The van der Waals surface area contributed by atoms with Crippen molar-refractivity contribution < 1.29 is 5.11 Å². The molecule has 1 unspecified atom stereocenters. The van der Waals surface area contributed by atoms with Gasteiger partial charge in [0.2, 0.25) is 0 Å². The Morgan fingerprint density at radius 2 is 2.00 bits per heavy atom. The molecule has 0 spiro atoms. The highest BCUT2D eigenvalue weighted by atomic mass is 16.3. The highest BCUT2D eigenvalue weighted by Crippen LogP contribution is 2.17. The molecule has 2 N–H and O–H groups in total. The van der Waals surface area contributed by atoms with Crippen LogP contribution in [0.4, 0.5) is 0 Å². The SMILES string of the molecule is CC(C)CC(CO)NCc1cn(C)nc1C(C)C. The number of nitrogens with zero attached hydrogens (tertiary/aromatic N) is 2. The maximum atomic E-state index is 9.35. The predicted molar refractivity (Wildman–Crippen MR) is 74.5 cm³/mol. The molecule has 4 nitrogen and oxygen atoms in total. The van der Waals surface area contributed by atoms with Gasteiger partial charge in [-0.05, 0) is 18.3 Å². The molecule has 104 valence electrons. The molecular formula is C14H27N3O. The molecule has 18 heavy (non-hydrogen) atoms. The minimum absolute atomic E-state index is 0.171. The lowest BCUT2D eigenvalue weighted by Gasteiger charge is -2.18. The Balaban J connectivity index is 2.61. The average molecular weight is 253 g/mol. The van der Waals surface area contributed by atoms with Crippen molar-refractivity contribution in [2.75, 3.05) is 6.61 Å². The zero-order valence-electron chi connectivity index (χ0n) is 12.3. The Bertz CT molecular complexity index is 358. The molecule has 0 aliphatic rings. The number of nitrogens with one attached hydrogen (secondary N) is 1. The molecule has 0 fully saturated rings. The van der Waals surface area contributed by atoms with E-state index in [-0.39, 0.29) is 12.6 Å². The highest BCUT2D eigenvalue weighted by molar-refractivity contribution is 5.20. The second-order valence-corrected chi connectivity index (χ2v) is 5.76. The van der Waals surface area contributed by atoms with E-state index in [9.17, 15) is 5.11 Å². The maximum Gasteiger partial charge on any atom is 0.0694 e. The molecule has 0 saturated heterocycles. The van der Waals surface area contributed by atoms with E-state index in [1.54, 1.807) is 0 Å². The lowest BCUT2D eigenvalue weighted by Crippen LogP contribution is -2.33. The third kappa shape index (κ3) is 4.42. The first kappa shape index (κ1) is 15.2. The van der Waals surface area contributed by atoms with E-state index >= 15 is 0 Å². The van der Waals surface area contributed by atoms with Crippen LogP contribution in [-0.4, -0.2) is 27.5 Å². The summed E-state index contributed by atoms with van der Waals surface area (Å²) < 4.78 is 1.86. The van der Waals surface area contributed by atoms with Crippen molar-refractivity contribution in [3.05, 3.63) is 17.5 Å². The first-order valence-electron chi connectivity index (χ1n) is 6.80. The normalized spacial score (nSPS) is 13.6. The summed E-state index contributed by atoms with van der Waals surface area (Å²) >= 11 is 0. The highest BCUT2D eigenvalue weighted by Gasteiger charge is 2.14. The summed E-state index contributed by atoms with van der Waals surface area (Å²) in [6, 6.07) is 0.171. The zero-order valence-corrected chi connectivity index (χ0v) is 12.3. The van der Waals surface area contributed by atoms with Crippen LogP contribution in [0.1, 0.15) is 51.3 Å². The second-order valence-electron chi connectivity index (χ2n) is 5.76. The summed E-state index contributed by atoms with van der Waals surface area (Å²) in [6.45, 7) is 9.63. The molecule has 0 aromatic carbocycles. The Hall–Kier alpha value is -0.870. The topological polar surface area (TPSA) is 50.1 Å². The Morgan fingerprint density at radius 3 is 2.50 bits per heavy atom. The molecule has 0 saturated carbocycles. The molecule has 4 heteroatoms. The van der Waals surface area contributed by atoms with Crippen molar-refractivity contribution in [3.8, 4) is 0 Å². The van der Waals surface area contributed by atoms with Crippen LogP contribution >= 0.6 is 0 Å².